The molecule has 2 atom stereocenters. The smallest absolute Gasteiger partial charge is 0.0947 e. The van der Waals surface area contributed by atoms with Crippen LogP contribution in [0.4, 0.5) is 0 Å². The Hall–Kier alpha value is -0.840. The van der Waals surface area contributed by atoms with Gasteiger partial charge in [0.15, 0.2) is 0 Å². The maximum Gasteiger partial charge on any atom is 0.0947 e. The highest BCUT2D eigenvalue weighted by molar-refractivity contribution is 5.06. The molecule has 4 heteroatoms. The predicted molar refractivity (Wildman–Crippen MR) is 83.6 cm³/mol. The molecule has 0 spiro atoms. The van der Waals surface area contributed by atoms with Crippen molar-refractivity contribution in [2.75, 3.05) is 32.9 Å². The average molecular weight is 305 g/mol. The van der Waals surface area contributed by atoms with Gasteiger partial charge < -0.3 is 13.9 Å². The molecule has 1 aromatic rings. The van der Waals surface area contributed by atoms with Crippen LogP contribution >= 0.6 is 0 Å². The lowest BCUT2D eigenvalue weighted by molar-refractivity contribution is -0.154. The third-order valence-electron chi connectivity index (χ3n) is 5.49. The fourth-order valence-corrected chi connectivity index (χ4v) is 4.08. The largest absolute Gasteiger partial charge is 0.472 e. The van der Waals surface area contributed by atoms with Crippen LogP contribution in [0.2, 0.25) is 0 Å². The van der Waals surface area contributed by atoms with Gasteiger partial charge in [0.2, 0.25) is 0 Å². The minimum Gasteiger partial charge on any atom is -0.472 e. The summed E-state index contributed by atoms with van der Waals surface area (Å²) in [7, 11) is 0. The van der Waals surface area contributed by atoms with Crippen LogP contribution < -0.4 is 0 Å². The number of hydrogen-bond donors (Lipinski definition) is 0. The summed E-state index contributed by atoms with van der Waals surface area (Å²) in [5, 5.41) is 0. The van der Waals surface area contributed by atoms with E-state index in [-0.39, 0.29) is 5.41 Å². The van der Waals surface area contributed by atoms with Gasteiger partial charge in [0.25, 0.3) is 0 Å². The highest BCUT2D eigenvalue weighted by Gasteiger charge is 2.46. The van der Waals surface area contributed by atoms with Crippen molar-refractivity contribution < 1.29 is 13.9 Å². The maximum absolute atomic E-state index is 6.12. The molecule has 22 heavy (non-hydrogen) atoms. The molecule has 2 saturated heterocycles. The first-order valence-electron chi connectivity index (χ1n) is 8.77. The van der Waals surface area contributed by atoms with E-state index >= 15 is 0 Å². The summed E-state index contributed by atoms with van der Waals surface area (Å²) in [6.45, 7) is 5.93. The van der Waals surface area contributed by atoms with E-state index in [1.165, 1.54) is 31.2 Å². The van der Waals surface area contributed by atoms with Crippen molar-refractivity contribution in [2.45, 2.75) is 44.8 Å². The molecular weight excluding hydrogens is 278 g/mol. The van der Waals surface area contributed by atoms with Crippen LogP contribution in [-0.2, 0) is 16.0 Å². The molecule has 0 bridgehead atoms. The second-order valence-corrected chi connectivity index (χ2v) is 7.41. The molecule has 0 amide bonds. The average Bonchev–Trinajstić information content (AvgIpc) is 3.22. The van der Waals surface area contributed by atoms with Crippen LogP contribution in [0.5, 0.6) is 0 Å². The Balaban J connectivity index is 1.40. The molecule has 3 aliphatic rings. The number of piperidine rings is 1. The minimum absolute atomic E-state index is 0.203. The molecule has 1 aliphatic carbocycles. The zero-order chi connectivity index (χ0) is 14.8. The number of ether oxygens (including phenoxy) is 2. The molecule has 2 aliphatic heterocycles. The van der Waals surface area contributed by atoms with E-state index < -0.39 is 0 Å². The SMILES string of the molecule is c1cc(CN2CC[C@H]3OCCC[C@@]3(COCC3CC3)C2)co1. The van der Waals surface area contributed by atoms with Crippen LogP contribution in [0.1, 0.15) is 37.7 Å². The molecule has 3 heterocycles. The van der Waals surface area contributed by atoms with Gasteiger partial charge in [-0.15, -0.1) is 0 Å². The summed E-state index contributed by atoms with van der Waals surface area (Å²) in [6.07, 6.45) is 10.3. The van der Waals surface area contributed by atoms with Crippen molar-refractivity contribution in [3.05, 3.63) is 24.2 Å². The number of rotatable bonds is 6. The van der Waals surface area contributed by atoms with Gasteiger partial charge in [-0.3, -0.25) is 4.90 Å². The Morgan fingerprint density at radius 2 is 2.27 bits per heavy atom. The third-order valence-corrected chi connectivity index (χ3v) is 5.49. The number of furan rings is 1. The van der Waals surface area contributed by atoms with Crippen LogP contribution in [0.3, 0.4) is 0 Å². The Morgan fingerprint density at radius 3 is 3.09 bits per heavy atom. The fourth-order valence-electron chi connectivity index (χ4n) is 4.08. The van der Waals surface area contributed by atoms with Crippen molar-refractivity contribution in [3.8, 4) is 0 Å². The monoisotopic (exact) mass is 305 g/mol. The van der Waals surface area contributed by atoms with Crippen LogP contribution in [0.15, 0.2) is 23.0 Å². The van der Waals surface area contributed by atoms with Gasteiger partial charge in [-0.25, -0.2) is 0 Å². The van der Waals surface area contributed by atoms with Crippen molar-refractivity contribution in [1.82, 2.24) is 4.90 Å². The number of nitrogens with zero attached hydrogens (tertiary/aromatic N) is 1. The molecule has 1 aromatic heterocycles. The van der Waals surface area contributed by atoms with E-state index in [0.29, 0.717) is 6.10 Å². The number of hydrogen-bond acceptors (Lipinski definition) is 4. The first-order chi connectivity index (χ1) is 10.8. The lowest BCUT2D eigenvalue weighted by Gasteiger charge is -2.50. The Morgan fingerprint density at radius 1 is 1.32 bits per heavy atom. The molecule has 4 nitrogen and oxygen atoms in total. The zero-order valence-electron chi connectivity index (χ0n) is 13.3. The Bertz CT molecular complexity index is 471. The molecule has 0 unspecified atom stereocenters. The van der Waals surface area contributed by atoms with E-state index in [2.05, 4.69) is 11.0 Å². The lowest BCUT2D eigenvalue weighted by atomic mass is 9.73. The maximum atomic E-state index is 6.12. The van der Waals surface area contributed by atoms with E-state index in [1.54, 1.807) is 6.26 Å². The van der Waals surface area contributed by atoms with Gasteiger partial charge in [-0.05, 0) is 44.1 Å². The van der Waals surface area contributed by atoms with Gasteiger partial charge >= 0.3 is 0 Å². The zero-order valence-corrected chi connectivity index (χ0v) is 13.3. The number of likely N-dealkylation sites (tertiary alicyclic amines) is 1. The van der Waals surface area contributed by atoms with Gasteiger partial charge in [0.05, 0.1) is 25.2 Å². The quantitative estimate of drug-likeness (QED) is 0.809. The van der Waals surface area contributed by atoms with E-state index in [9.17, 15) is 0 Å². The van der Waals surface area contributed by atoms with Crippen molar-refractivity contribution in [2.24, 2.45) is 11.3 Å². The Kier molecular flexibility index (Phi) is 4.25. The van der Waals surface area contributed by atoms with Gasteiger partial charge in [-0.2, -0.15) is 0 Å². The van der Waals surface area contributed by atoms with E-state index in [0.717, 1.165) is 51.8 Å². The van der Waals surface area contributed by atoms with Crippen molar-refractivity contribution >= 4 is 0 Å². The molecular formula is C18H27NO3. The fraction of sp³-hybridized carbons (Fsp3) is 0.778. The molecule has 3 fully saturated rings. The van der Waals surface area contributed by atoms with Crippen LogP contribution in [-0.4, -0.2) is 43.9 Å². The molecule has 0 radical (unpaired) electrons. The summed E-state index contributed by atoms with van der Waals surface area (Å²) >= 11 is 0. The standard InChI is InChI=1S/C18H27NO3/c1-6-18(14-21-11-15-2-3-15)13-19(7-4-17(18)22-8-1)10-16-5-9-20-12-16/h5,9,12,15,17H,1-4,6-8,10-11,13-14H2/t17-,18+/m1/s1. The first kappa shape index (κ1) is 14.7. The topological polar surface area (TPSA) is 34.8 Å². The summed E-state index contributed by atoms with van der Waals surface area (Å²) in [5.41, 5.74) is 1.47. The van der Waals surface area contributed by atoms with Crippen molar-refractivity contribution in [3.63, 3.8) is 0 Å². The van der Waals surface area contributed by atoms with E-state index in [1.807, 2.05) is 6.26 Å². The van der Waals surface area contributed by atoms with Crippen molar-refractivity contribution in [1.29, 1.82) is 0 Å². The van der Waals surface area contributed by atoms with Crippen LogP contribution in [0.25, 0.3) is 0 Å². The molecule has 122 valence electrons. The normalized spacial score (nSPS) is 32.8. The molecule has 0 N–H and O–H groups in total. The third kappa shape index (κ3) is 3.24. The second kappa shape index (κ2) is 6.34. The lowest BCUT2D eigenvalue weighted by Crippen LogP contribution is -2.56. The Labute approximate surface area is 132 Å². The first-order valence-corrected chi connectivity index (χ1v) is 8.77. The van der Waals surface area contributed by atoms with Crippen LogP contribution in [0, 0.1) is 11.3 Å². The predicted octanol–water partition coefficient (Wildman–Crippen LogP) is 3.08. The molecule has 0 aromatic carbocycles. The molecule has 4 rings (SSSR count). The minimum atomic E-state index is 0.203. The second-order valence-electron chi connectivity index (χ2n) is 7.41. The molecule has 1 saturated carbocycles. The van der Waals surface area contributed by atoms with Gasteiger partial charge in [0, 0.05) is 43.8 Å². The summed E-state index contributed by atoms with van der Waals surface area (Å²) in [4.78, 5) is 2.55. The highest BCUT2D eigenvalue weighted by atomic mass is 16.5. The number of fused-ring (bicyclic) bond motifs is 1. The van der Waals surface area contributed by atoms with Gasteiger partial charge in [-0.1, -0.05) is 0 Å². The van der Waals surface area contributed by atoms with E-state index in [4.69, 9.17) is 13.9 Å². The highest BCUT2D eigenvalue weighted by Crippen LogP contribution is 2.41. The summed E-state index contributed by atoms with van der Waals surface area (Å²) in [5.74, 6) is 0.838. The summed E-state index contributed by atoms with van der Waals surface area (Å²) in [6, 6.07) is 2.07. The summed E-state index contributed by atoms with van der Waals surface area (Å²) < 4.78 is 17.4. The van der Waals surface area contributed by atoms with Gasteiger partial charge in [0.1, 0.15) is 0 Å².